The van der Waals surface area contributed by atoms with Crippen molar-refractivity contribution in [3.8, 4) is 6.07 Å². The Hall–Kier alpha value is -3.02. The Kier molecular flexibility index (Phi) is 6.00. The van der Waals surface area contributed by atoms with E-state index in [1.54, 1.807) is 18.5 Å². The number of fused-ring (bicyclic) bond motifs is 1. The first-order valence-electron chi connectivity index (χ1n) is 11.9. The molecule has 0 saturated carbocycles. The Morgan fingerprint density at radius 1 is 1.21 bits per heavy atom. The standard InChI is InChI=1S/C25H30N6O2/c1-16-13-20(32)23-21(16)24(29-15-28-23)30-9-11-31(12-10-30)25(33)22(19-3-2-8-27-19)18-6-4-17(14-26)5-7-18/h4-7,15-16,19-20,22,27,32H,2-3,8-13H2,1H3/t16-,19+,20-,22+/m1/s1. The van der Waals surface area contributed by atoms with Crippen LogP contribution in [0.1, 0.15) is 66.5 Å². The van der Waals surface area contributed by atoms with Crippen molar-refractivity contribution in [3.63, 3.8) is 0 Å². The summed E-state index contributed by atoms with van der Waals surface area (Å²) in [5.74, 6) is 1.03. The molecule has 3 aliphatic rings. The normalized spacial score (nSPS) is 25.5. The molecule has 4 atom stereocenters. The molecule has 8 nitrogen and oxygen atoms in total. The van der Waals surface area contributed by atoms with Gasteiger partial charge in [-0.25, -0.2) is 9.97 Å². The summed E-state index contributed by atoms with van der Waals surface area (Å²) in [5, 5.41) is 23.0. The maximum absolute atomic E-state index is 13.7. The Labute approximate surface area is 194 Å². The molecule has 2 aliphatic heterocycles. The maximum Gasteiger partial charge on any atom is 0.231 e. The third kappa shape index (κ3) is 4.07. The van der Waals surface area contributed by atoms with Crippen molar-refractivity contribution in [1.82, 2.24) is 20.2 Å². The van der Waals surface area contributed by atoms with Gasteiger partial charge in [-0.05, 0) is 49.4 Å². The molecule has 5 rings (SSSR count). The van der Waals surface area contributed by atoms with E-state index in [-0.39, 0.29) is 23.8 Å². The number of piperazine rings is 1. The van der Waals surface area contributed by atoms with E-state index < -0.39 is 6.10 Å². The van der Waals surface area contributed by atoms with Crippen LogP contribution in [0.3, 0.4) is 0 Å². The fourth-order valence-electron chi connectivity index (χ4n) is 5.60. The number of aliphatic hydroxyl groups excluding tert-OH is 1. The van der Waals surface area contributed by atoms with E-state index in [1.165, 1.54) is 0 Å². The summed E-state index contributed by atoms with van der Waals surface area (Å²) < 4.78 is 0. The van der Waals surface area contributed by atoms with E-state index in [4.69, 9.17) is 5.26 Å². The molecule has 2 fully saturated rings. The summed E-state index contributed by atoms with van der Waals surface area (Å²) in [6.07, 6.45) is 3.75. The van der Waals surface area contributed by atoms with E-state index >= 15 is 0 Å². The molecule has 8 heteroatoms. The predicted octanol–water partition coefficient (Wildman–Crippen LogP) is 2.07. The topological polar surface area (TPSA) is 105 Å². The highest BCUT2D eigenvalue weighted by Gasteiger charge is 2.37. The van der Waals surface area contributed by atoms with Crippen LogP contribution in [0.5, 0.6) is 0 Å². The second-order valence-corrected chi connectivity index (χ2v) is 9.38. The highest BCUT2D eigenvalue weighted by molar-refractivity contribution is 5.85. The minimum Gasteiger partial charge on any atom is -0.387 e. The van der Waals surface area contributed by atoms with Gasteiger partial charge in [0, 0.05) is 37.8 Å². The SMILES string of the molecule is C[C@@H]1C[C@@H](O)c2ncnc(N3CCN(C(=O)[C@@H](c4ccc(C#N)cc4)[C@@H]4CCCN4)CC3)c21. The fraction of sp³-hybridized carbons (Fsp3) is 0.520. The van der Waals surface area contributed by atoms with Gasteiger partial charge in [0.1, 0.15) is 12.1 Å². The van der Waals surface area contributed by atoms with Gasteiger partial charge >= 0.3 is 0 Å². The molecule has 1 aromatic carbocycles. The fourth-order valence-corrected chi connectivity index (χ4v) is 5.60. The van der Waals surface area contributed by atoms with E-state index in [0.717, 1.165) is 42.0 Å². The predicted molar refractivity (Wildman–Crippen MR) is 124 cm³/mol. The zero-order chi connectivity index (χ0) is 22.9. The highest BCUT2D eigenvalue weighted by Crippen LogP contribution is 2.42. The largest absolute Gasteiger partial charge is 0.387 e. The Bertz CT molecular complexity index is 1050. The number of aliphatic hydroxyl groups is 1. The van der Waals surface area contributed by atoms with Crippen LogP contribution in [-0.4, -0.2) is 64.6 Å². The van der Waals surface area contributed by atoms with Crippen molar-refractivity contribution < 1.29 is 9.90 Å². The van der Waals surface area contributed by atoms with Crippen LogP contribution in [0.15, 0.2) is 30.6 Å². The van der Waals surface area contributed by atoms with Gasteiger partial charge in [0.05, 0.1) is 29.3 Å². The van der Waals surface area contributed by atoms with Crippen LogP contribution in [0.25, 0.3) is 0 Å². The first-order chi connectivity index (χ1) is 16.1. The van der Waals surface area contributed by atoms with Gasteiger partial charge < -0.3 is 20.2 Å². The van der Waals surface area contributed by atoms with Gasteiger partial charge in [-0.2, -0.15) is 5.26 Å². The van der Waals surface area contributed by atoms with Crippen LogP contribution < -0.4 is 10.2 Å². The Morgan fingerprint density at radius 3 is 2.64 bits per heavy atom. The minimum absolute atomic E-state index is 0.121. The highest BCUT2D eigenvalue weighted by atomic mass is 16.3. The second kappa shape index (κ2) is 9.08. The lowest BCUT2D eigenvalue weighted by Crippen LogP contribution is -2.52. The molecule has 172 valence electrons. The molecule has 3 heterocycles. The third-order valence-corrected chi connectivity index (χ3v) is 7.34. The number of amides is 1. The smallest absolute Gasteiger partial charge is 0.231 e. The summed E-state index contributed by atoms with van der Waals surface area (Å²) in [7, 11) is 0. The number of nitrogens with zero attached hydrogens (tertiary/aromatic N) is 5. The van der Waals surface area contributed by atoms with Gasteiger partial charge in [0.15, 0.2) is 0 Å². The van der Waals surface area contributed by atoms with Crippen molar-refractivity contribution in [2.24, 2.45) is 0 Å². The van der Waals surface area contributed by atoms with E-state index in [0.29, 0.717) is 38.2 Å². The number of nitrogens with one attached hydrogen (secondary N) is 1. The van der Waals surface area contributed by atoms with Gasteiger partial charge in [-0.3, -0.25) is 4.79 Å². The molecule has 1 aromatic heterocycles. The molecule has 33 heavy (non-hydrogen) atoms. The zero-order valence-electron chi connectivity index (χ0n) is 18.9. The molecule has 1 aliphatic carbocycles. The van der Waals surface area contributed by atoms with Gasteiger partial charge in [-0.1, -0.05) is 19.1 Å². The summed E-state index contributed by atoms with van der Waals surface area (Å²) >= 11 is 0. The molecule has 2 N–H and O–H groups in total. The average Bonchev–Trinajstić information content (AvgIpc) is 3.48. The first kappa shape index (κ1) is 21.8. The van der Waals surface area contributed by atoms with Crippen molar-refractivity contribution in [2.75, 3.05) is 37.6 Å². The van der Waals surface area contributed by atoms with Crippen molar-refractivity contribution in [1.29, 1.82) is 5.26 Å². The average molecular weight is 447 g/mol. The van der Waals surface area contributed by atoms with Gasteiger partial charge in [-0.15, -0.1) is 0 Å². The molecule has 0 bridgehead atoms. The third-order valence-electron chi connectivity index (χ3n) is 7.34. The summed E-state index contributed by atoms with van der Waals surface area (Å²) in [4.78, 5) is 26.8. The summed E-state index contributed by atoms with van der Waals surface area (Å²) in [5.41, 5.74) is 3.38. The van der Waals surface area contributed by atoms with Crippen LogP contribution >= 0.6 is 0 Å². The van der Waals surface area contributed by atoms with Crippen molar-refractivity contribution in [2.45, 2.75) is 50.2 Å². The lowest BCUT2D eigenvalue weighted by molar-refractivity contribution is -0.133. The van der Waals surface area contributed by atoms with Crippen LogP contribution in [0.4, 0.5) is 5.82 Å². The molecule has 0 spiro atoms. The van der Waals surface area contributed by atoms with Gasteiger partial charge in [0.25, 0.3) is 0 Å². The number of anilines is 1. The number of nitriles is 1. The van der Waals surface area contributed by atoms with E-state index in [2.05, 4.69) is 33.2 Å². The lowest BCUT2D eigenvalue weighted by Gasteiger charge is -2.38. The lowest BCUT2D eigenvalue weighted by atomic mass is 9.88. The molecular formula is C25H30N6O2. The van der Waals surface area contributed by atoms with E-state index in [9.17, 15) is 9.90 Å². The van der Waals surface area contributed by atoms with Crippen LogP contribution in [0, 0.1) is 11.3 Å². The first-order valence-corrected chi connectivity index (χ1v) is 11.9. The maximum atomic E-state index is 13.7. The quantitative estimate of drug-likeness (QED) is 0.741. The number of rotatable bonds is 4. The Balaban J connectivity index is 1.32. The van der Waals surface area contributed by atoms with Gasteiger partial charge in [0.2, 0.25) is 5.91 Å². The number of aromatic nitrogens is 2. The summed E-state index contributed by atoms with van der Waals surface area (Å²) in [6.45, 7) is 5.72. The summed E-state index contributed by atoms with van der Waals surface area (Å²) in [6, 6.07) is 9.73. The van der Waals surface area contributed by atoms with Crippen molar-refractivity contribution in [3.05, 3.63) is 53.0 Å². The molecule has 2 aromatic rings. The van der Waals surface area contributed by atoms with Crippen LogP contribution in [-0.2, 0) is 4.79 Å². The van der Waals surface area contributed by atoms with E-state index in [1.807, 2.05) is 17.0 Å². The number of hydrogen-bond donors (Lipinski definition) is 2. The number of hydrogen-bond acceptors (Lipinski definition) is 7. The molecular weight excluding hydrogens is 416 g/mol. The zero-order valence-corrected chi connectivity index (χ0v) is 18.9. The Morgan fingerprint density at radius 2 is 1.97 bits per heavy atom. The molecule has 0 unspecified atom stereocenters. The number of carbonyl (C=O) groups is 1. The van der Waals surface area contributed by atoms with Crippen molar-refractivity contribution >= 4 is 11.7 Å². The minimum atomic E-state index is -0.522. The molecule has 0 radical (unpaired) electrons. The number of carbonyl (C=O) groups excluding carboxylic acids is 1. The van der Waals surface area contributed by atoms with Crippen LogP contribution in [0.2, 0.25) is 0 Å². The molecule has 2 saturated heterocycles. The molecule has 1 amide bonds. The number of benzene rings is 1. The second-order valence-electron chi connectivity index (χ2n) is 9.38. The monoisotopic (exact) mass is 446 g/mol.